The standard InChI is InChI=1S/C26H28ClN7O3/c1-16(31-24-23-25(29-14-28-24)34(15-30-23)20-7-2-3-10-37-20)19-13-17-5-4-6-18(27)21(17)22(32-19)26(35)33-8-11-36-12-9-33/h4-6,13-16,20H,2-3,7-12H2,1H3,(H,28,29,31)/t16-,20?/m0/s1. The third-order valence-electron chi connectivity index (χ3n) is 6.95. The topological polar surface area (TPSA) is 107 Å². The summed E-state index contributed by atoms with van der Waals surface area (Å²) in [5.74, 6) is 0.451. The molecule has 1 unspecified atom stereocenters. The number of nitrogens with one attached hydrogen (secondary N) is 1. The summed E-state index contributed by atoms with van der Waals surface area (Å²) in [5.41, 5.74) is 2.43. The third-order valence-corrected chi connectivity index (χ3v) is 7.26. The van der Waals surface area contributed by atoms with E-state index in [-0.39, 0.29) is 18.2 Å². The number of benzene rings is 1. The number of amides is 1. The van der Waals surface area contributed by atoms with Crippen LogP contribution in [0.3, 0.4) is 0 Å². The molecule has 1 aromatic carbocycles. The molecule has 37 heavy (non-hydrogen) atoms. The smallest absolute Gasteiger partial charge is 0.273 e. The van der Waals surface area contributed by atoms with Crippen molar-refractivity contribution >= 4 is 45.3 Å². The van der Waals surface area contributed by atoms with E-state index in [9.17, 15) is 4.79 Å². The van der Waals surface area contributed by atoms with Crippen LogP contribution in [-0.2, 0) is 9.47 Å². The van der Waals surface area contributed by atoms with Crippen LogP contribution in [0, 0.1) is 0 Å². The zero-order chi connectivity index (χ0) is 25.4. The number of hydrogen-bond acceptors (Lipinski definition) is 8. The van der Waals surface area contributed by atoms with E-state index >= 15 is 0 Å². The largest absolute Gasteiger partial charge is 0.378 e. The molecule has 3 aromatic heterocycles. The fraction of sp³-hybridized carbons (Fsp3) is 0.423. The SMILES string of the molecule is C[C@H](Nc1ncnc2c1ncn2C1CCCCO1)c1cc2cccc(Cl)c2c(C(=O)N2CCOCC2)n1. The van der Waals surface area contributed by atoms with Gasteiger partial charge in [-0.2, -0.15) is 0 Å². The van der Waals surface area contributed by atoms with E-state index in [0.717, 1.165) is 36.9 Å². The van der Waals surface area contributed by atoms with Crippen molar-refractivity contribution in [2.24, 2.45) is 0 Å². The van der Waals surface area contributed by atoms with Gasteiger partial charge in [0.15, 0.2) is 17.0 Å². The van der Waals surface area contributed by atoms with Crippen molar-refractivity contribution in [3.63, 3.8) is 0 Å². The number of pyridine rings is 1. The van der Waals surface area contributed by atoms with Crippen LogP contribution in [0.4, 0.5) is 5.82 Å². The molecule has 2 aliphatic heterocycles. The average molecular weight is 522 g/mol. The highest BCUT2D eigenvalue weighted by Crippen LogP contribution is 2.32. The molecule has 2 saturated heterocycles. The van der Waals surface area contributed by atoms with Crippen LogP contribution in [0.25, 0.3) is 21.9 Å². The molecule has 0 spiro atoms. The number of aromatic nitrogens is 5. The normalized spacial score (nSPS) is 19.3. The Morgan fingerprint density at radius 2 is 2.03 bits per heavy atom. The van der Waals surface area contributed by atoms with Crippen LogP contribution >= 0.6 is 11.6 Å². The first-order chi connectivity index (χ1) is 18.1. The summed E-state index contributed by atoms with van der Waals surface area (Å²) in [4.78, 5) is 33.6. The molecule has 0 aliphatic carbocycles. The van der Waals surface area contributed by atoms with Gasteiger partial charge >= 0.3 is 0 Å². The number of imidazole rings is 1. The summed E-state index contributed by atoms with van der Waals surface area (Å²) in [6.07, 6.45) is 6.33. The first-order valence-electron chi connectivity index (χ1n) is 12.6. The number of anilines is 1. The molecule has 1 N–H and O–H groups in total. The molecule has 6 rings (SSSR count). The first-order valence-corrected chi connectivity index (χ1v) is 13.0. The zero-order valence-corrected chi connectivity index (χ0v) is 21.3. The van der Waals surface area contributed by atoms with Crippen LogP contribution in [0.2, 0.25) is 5.02 Å². The van der Waals surface area contributed by atoms with Crippen molar-refractivity contribution in [1.82, 2.24) is 29.4 Å². The molecule has 5 heterocycles. The molecule has 2 fully saturated rings. The van der Waals surface area contributed by atoms with Crippen molar-refractivity contribution in [3.05, 3.63) is 53.3 Å². The van der Waals surface area contributed by atoms with Gasteiger partial charge in [-0.15, -0.1) is 0 Å². The highest BCUT2D eigenvalue weighted by molar-refractivity contribution is 6.36. The molecule has 10 nitrogen and oxygen atoms in total. The second-order valence-electron chi connectivity index (χ2n) is 9.37. The highest BCUT2D eigenvalue weighted by atomic mass is 35.5. The van der Waals surface area contributed by atoms with Gasteiger partial charge in [0, 0.05) is 25.1 Å². The lowest BCUT2D eigenvalue weighted by Crippen LogP contribution is -2.41. The number of fused-ring (bicyclic) bond motifs is 2. The average Bonchev–Trinajstić information content (AvgIpc) is 3.38. The molecular formula is C26H28ClN7O3. The molecule has 192 valence electrons. The van der Waals surface area contributed by atoms with Crippen molar-refractivity contribution in [1.29, 1.82) is 0 Å². The fourth-order valence-electron chi connectivity index (χ4n) is 4.97. The maximum atomic E-state index is 13.5. The minimum absolute atomic E-state index is 0.0698. The number of ether oxygens (including phenoxy) is 2. The summed E-state index contributed by atoms with van der Waals surface area (Å²) < 4.78 is 13.3. The van der Waals surface area contributed by atoms with Gasteiger partial charge in [0.2, 0.25) is 0 Å². The molecule has 2 aliphatic rings. The van der Waals surface area contributed by atoms with Gasteiger partial charge in [-0.05, 0) is 43.7 Å². The van der Waals surface area contributed by atoms with Gasteiger partial charge in [0.1, 0.15) is 18.2 Å². The van der Waals surface area contributed by atoms with E-state index in [1.54, 1.807) is 17.3 Å². The van der Waals surface area contributed by atoms with Crippen LogP contribution in [-0.4, -0.2) is 68.2 Å². The Balaban J connectivity index is 1.34. The molecular weight excluding hydrogens is 494 g/mol. The van der Waals surface area contributed by atoms with Crippen LogP contribution in [0.1, 0.15) is 54.6 Å². The summed E-state index contributed by atoms with van der Waals surface area (Å²) in [7, 11) is 0. The van der Waals surface area contributed by atoms with Gasteiger partial charge in [-0.25, -0.2) is 19.9 Å². The lowest BCUT2D eigenvalue weighted by atomic mass is 10.0. The number of rotatable bonds is 5. The van der Waals surface area contributed by atoms with Crippen molar-refractivity contribution in [2.45, 2.75) is 38.5 Å². The van der Waals surface area contributed by atoms with Crippen LogP contribution in [0.15, 0.2) is 36.9 Å². The Hall–Kier alpha value is -3.34. The second kappa shape index (κ2) is 10.2. The summed E-state index contributed by atoms with van der Waals surface area (Å²) in [6, 6.07) is 7.30. The Morgan fingerprint density at radius 3 is 2.84 bits per heavy atom. The van der Waals surface area contributed by atoms with Gasteiger partial charge in [-0.3, -0.25) is 9.36 Å². The molecule has 11 heteroatoms. The number of carbonyl (C=O) groups is 1. The number of carbonyl (C=O) groups excluding carboxylic acids is 1. The lowest BCUT2D eigenvalue weighted by molar-refractivity contribution is -0.0298. The minimum atomic E-state index is -0.270. The van der Waals surface area contributed by atoms with E-state index in [4.69, 9.17) is 26.1 Å². The van der Waals surface area contributed by atoms with Gasteiger partial charge in [0.05, 0.1) is 36.3 Å². The number of morpholine rings is 1. The zero-order valence-electron chi connectivity index (χ0n) is 20.6. The number of hydrogen-bond donors (Lipinski definition) is 1. The molecule has 0 saturated carbocycles. The molecule has 0 radical (unpaired) electrons. The fourth-order valence-corrected chi connectivity index (χ4v) is 5.24. The van der Waals surface area contributed by atoms with Gasteiger partial charge in [0.25, 0.3) is 5.91 Å². The predicted octanol–water partition coefficient (Wildman–Crippen LogP) is 4.37. The maximum absolute atomic E-state index is 13.5. The molecule has 4 aromatic rings. The molecule has 1 amide bonds. The minimum Gasteiger partial charge on any atom is -0.378 e. The summed E-state index contributed by atoms with van der Waals surface area (Å²) in [5, 5.41) is 5.45. The van der Waals surface area contributed by atoms with E-state index < -0.39 is 0 Å². The highest BCUT2D eigenvalue weighted by Gasteiger charge is 2.25. The van der Waals surface area contributed by atoms with Gasteiger partial charge < -0.3 is 19.7 Å². The second-order valence-corrected chi connectivity index (χ2v) is 9.78. The summed E-state index contributed by atoms with van der Waals surface area (Å²) >= 11 is 6.55. The van der Waals surface area contributed by atoms with E-state index in [2.05, 4.69) is 20.3 Å². The van der Waals surface area contributed by atoms with E-state index in [1.807, 2.05) is 29.7 Å². The Bertz CT molecular complexity index is 1450. The Kier molecular flexibility index (Phi) is 6.62. The predicted molar refractivity (Wildman–Crippen MR) is 140 cm³/mol. The molecule has 2 atom stereocenters. The maximum Gasteiger partial charge on any atom is 0.273 e. The summed E-state index contributed by atoms with van der Waals surface area (Å²) in [6.45, 7) is 4.79. The van der Waals surface area contributed by atoms with E-state index in [1.165, 1.54) is 6.33 Å². The lowest BCUT2D eigenvalue weighted by Gasteiger charge is -2.27. The van der Waals surface area contributed by atoms with E-state index in [0.29, 0.717) is 59.4 Å². The van der Waals surface area contributed by atoms with Crippen LogP contribution < -0.4 is 5.32 Å². The molecule has 0 bridgehead atoms. The first kappa shape index (κ1) is 24.0. The Morgan fingerprint density at radius 1 is 1.16 bits per heavy atom. The number of nitrogens with zero attached hydrogens (tertiary/aromatic N) is 6. The van der Waals surface area contributed by atoms with Crippen molar-refractivity contribution in [3.8, 4) is 0 Å². The van der Waals surface area contributed by atoms with Crippen LogP contribution in [0.5, 0.6) is 0 Å². The van der Waals surface area contributed by atoms with Gasteiger partial charge in [-0.1, -0.05) is 23.7 Å². The van der Waals surface area contributed by atoms with Crippen molar-refractivity contribution < 1.29 is 14.3 Å². The Labute approximate surface area is 219 Å². The quantitative estimate of drug-likeness (QED) is 0.412. The number of halogens is 1. The third kappa shape index (κ3) is 4.60. The van der Waals surface area contributed by atoms with Crippen molar-refractivity contribution in [2.75, 3.05) is 38.2 Å². The monoisotopic (exact) mass is 521 g/mol.